The topological polar surface area (TPSA) is 36.3 Å². The summed E-state index contributed by atoms with van der Waals surface area (Å²) in [4.78, 5) is 2.02. The highest BCUT2D eigenvalue weighted by molar-refractivity contribution is 5.89. The molecule has 2 aromatic carbocycles. The molecular formula is C17H14N2O. The Kier molecular flexibility index (Phi) is 3.14. The van der Waals surface area contributed by atoms with Crippen molar-refractivity contribution in [2.45, 2.75) is 0 Å². The normalized spacial score (nSPS) is 12.1. The van der Waals surface area contributed by atoms with Crippen LogP contribution in [-0.4, -0.2) is 13.7 Å². The summed E-state index contributed by atoms with van der Waals surface area (Å²) in [6.07, 6.45) is 4.16. The minimum atomic E-state index is 0.304. The number of rotatable bonds is 2. The van der Waals surface area contributed by atoms with Gasteiger partial charge in [0.05, 0.1) is 18.9 Å². The fourth-order valence-electron chi connectivity index (χ4n) is 2.45. The second-order valence-electron chi connectivity index (χ2n) is 4.56. The smallest absolute Gasteiger partial charge is 0.120 e. The maximum absolute atomic E-state index is 9.14. The third-order valence-corrected chi connectivity index (χ3v) is 3.43. The Balaban J connectivity index is 2.22. The highest BCUT2D eigenvalue weighted by Crippen LogP contribution is 2.37. The number of nitriles is 1. The largest absolute Gasteiger partial charge is 0.497 e. The van der Waals surface area contributed by atoms with Gasteiger partial charge in [0.1, 0.15) is 12.3 Å². The van der Waals surface area contributed by atoms with E-state index in [9.17, 15) is 0 Å². The van der Waals surface area contributed by atoms with Crippen LogP contribution in [-0.2, 0) is 0 Å². The molecule has 1 aliphatic rings. The number of hydrogen-bond acceptors (Lipinski definition) is 3. The predicted molar refractivity (Wildman–Crippen MR) is 81.0 cm³/mol. The lowest BCUT2D eigenvalue weighted by atomic mass is 10.1. The first-order valence-corrected chi connectivity index (χ1v) is 6.43. The summed E-state index contributed by atoms with van der Waals surface area (Å²) in [6, 6.07) is 16.2. The molecule has 3 heteroatoms. The molecule has 3 nitrogen and oxygen atoms in total. The monoisotopic (exact) mass is 262 g/mol. The molecule has 1 aliphatic heterocycles. The van der Waals surface area contributed by atoms with Crippen LogP contribution in [0, 0.1) is 11.3 Å². The van der Waals surface area contributed by atoms with Gasteiger partial charge >= 0.3 is 0 Å². The molecular weight excluding hydrogens is 248 g/mol. The third-order valence-electron chi connectivity index (χ3n) is 3.43. The molecule has 0 saturated carbocycles. The van der Waals surface area contributed by atoms with Crippen LogP contribution < -0.4 is 9.64 Å². The van der Waals surface area contributed by atoms with Crippen molar-refractivity contribution < 1.29 is 4.74 Å². The first-order valence-electron chi connectivity index (χ1n) is 6.43. The third kappa shape index (κ3) is 2.02. The summed E-state index contributed by atoms with van der Waals surface area (Å²) < 4.78 is 5.30. The van der Waals surface area contributed by atoms with E-state index in [4.69, 9.17) is 10.00 Å². The van der Waals surface area contributed by atoms with Crippen LogP contribution in [0.4, 0.5) is 11.4 Å². The zero-order valence-electron chi connectivity index (χ0n) is 11.2. The van der Waals surface area contributed by atoms with E-state index in [1.807, 2.05) is 41.3 Å². The van der Waals surface area contributed by atoms with Gasteiger partial charge in [-0.15, -0.1) is 0 Å². The van der Waals surface area contributed by atoms with Crippen LogP contribution in [0.5, 0.6) is 5.75 Å². The predicted octanol–water partition coefficient (Wildman–Crippen LogP) is 3.84. The van der Waals surface area contributed by atoms with Gasteiger partial charge in [0.25, 0.3) is 0 Å². The molecule has 0 spiro atoms. The van der Waals surface area contributed by atoms with Gasteiger partial charge in [-0.2, -0.15) is 5.26 Å². The maximum atomic E-state index is 9.14. The lowest BCUT2D eigenvalue weighted by Gasteiger charge is -2.24. The number of para-hydroxylation sites is 1. The van der Waals surface area contributed by atoms with E-state index >= 15 is 0 Å². The Hall–Kier alpha value is -2.73. The summed E-state index contributed by atoms with van der Waals surface area (Å²) in [5, 5.41) is 9.14. The molecule has 1 heterocycles. The standard InChI is InChI=1S/C17H14N2O/c1-20-15-9-8-14-7-6-13-4-2-3-5-16(13)19(11-10-18)17(14)12-15/h2-9,12H,11H2,1H3. The van der Waals surface area contributed by atoms with E-state index < -0.39 is 0 Å². The zero-order valence-corrected chi connectivity index (χ0v) is 11.2. The summed E-state index contributed by atoms with van der Waals surface area (Å²) >= 11 is 0. The van der Waals surface area contributed by atoms with Gasteiger partial charge in [0, 0.05) is 11.8 Å². The lowest BCUT2D eigenvalue weighted by Crippen LogP contribution is -2.18. The maximum Gasteiger partial charge on any atom is 0.120 e. The Labute approximate surface area is 118 Å². The number of benzene rings is 2. The van der Waals surface area contributed by atoms with Crippen LogP contribution in [0.3, 0.4) is 0 Å². The molecule has 0 atom stereocenters. The van der Waals surface area contributed by atoms with Crippen molar-refractivity contribution in [3.05, 3.63) is 53.6 Å². The van der Waals surface area contributed by atoms with Crippen molar-refractivity contribution in [2.24, 2.45) is 0 Å². The van der Waals surface area contributed by atoms with Crippen LogP contribution in [0.25, 0.3) is 12.2 Å². The number of anilines is 2. The zero-order chi connectivity index (χ0) is 13.9. The Morgan fingerprint density at radius 3 is 2.55 bits per heavy atom. The molecule has 0 aliphatic carbocycles. The Morgan fingerprint density at radius 2 is 1.80 bits per heavy atom. The number of ether oxygens (including phenoxy) is 1. The Morgan fingerprint density at radius 1 is 1.05 bits per heavy atom. The number of methoxy groups -OCH3 is 1. The fraction of sp³-hybridized carbons (Fsp3) is 0.118. The van der Waals surface area contributed by atoms with E-state index in [-0.39, 0.29) is 0 Å². The number of fused-ring (bicyclic) bond motifs is 2. The highest BCUT2D eigenvalue weighted by Gasteiger charge is 2.17. The van der Waals surface area contributed by atoms with Gasteiger partial charge in [-0.05, 0) is 29.3 Å². The van der Waals surface area contributed by atoms with Gasteiger partial charge in [0.2, 0.25) is 0 Å². The Bertz CT molecular complexity index is 713. The molecule has 0 aromatic heterocycles. The first-order chi connectivity index (χ1) is 9.83. The molecule has 20 heavy (non-hydrogen) atoms. The quantitative estimate of drug-likeness (QED) is 0.771. The average Bonchev–Trinajstić information content (AvgIpc) is 2.65. The van der Waals surface area contributed by atoms with Gasteiger partial charge in [0.15, 0.2) is 0 Å². The molecule has 3 rings (SSSR count). The van der Waals surface area contributed by atoms with Crippen molar-refractivity contribution in [2.75, 3.05) is 18.6 Å². The van der Waals surface area contributed by atoms with Gasteiger partial charge in [-0.25, -0.2) is 0 Å². The van der Waals surface area contributed by atoms with E-state index in [0.29, 0.717) is 6.54 Å². The SMILES string of the molecule is COc1ccc2c(c1)N(CC#N)c1ccccc1C=C2. The van der Waals surface area contributed by atoms with Crippen molar-refractivity contribution in [1.29, 1.82) is 5.26 Å². The van der Waals surface area contributed by atoms with Gasteiger partial charge in [-0.3, -0.25) is 0 Å². The van der Waals surface area contributed by atoms with Crippen molar-refractivity contribution in [3.8, 4) is 11.8 Å². The summed E-state index contributed by atoms with van der Waals surface area (Å²) in [6.45, 7) is 0.304. The van der Waals surface area contributed by atoms with Gasteiger partial charge in [-0.1, -0.05) is 30.4 Å². The first kappa shape index (κ1) is 12.3. The average molecular weight is 262 g/mol. The molecule has 0 radical (unpaired) electrons. The van der Waals surface area contributed by atoms with Crippen LogP contribution in [0.1, 0.15) is 11.1 Å². The lowest BCUT2D eigenvalue weighted by molar-refractivity contribution is 0.415. The van der Waals surface area contributed by atoms with E-state index in [1.54, 1.807) is 7.11 Å². The van der Waals surface area contributed by atoms with Crippen LogP contribution in [0.2, 0.25) is 0 Å². The fourth-order valence-corrected chi connectivity index (χ4v) is 2.45. The van der Waals surface area contributed by atoms with E-state index in [0.717, 1.165) is 28.3 Å². The minimum absolute atomic E-state index is 0.304. The van der Waals surface area contributed by atoms with Crippen molar-refractivity contribution >= 4 is 23.5 Å². The molecule has 98 valence electrons. The second-order valence-corrected chi connectivity index (χ2v) is 4.56. The molecule has 0 N–H and O–H groups in total. The number of nitrogens with zero attached hydrogens (tertiary/aromatic N) is 2. The van der Waals surface area contributed by atoms with Gasteiger partial charge < -0.3 is 9.64 Å². The number of hydrogen-bond donors (Lipinski definition) is 0. The van der Waals surface area contributed by atoms with Crippen molar-refractivity contribution in [3.63, 3.8) is 0 Å². The highest BCUT2D eigenvalue weighted by atomic mass is 16.5. The van der Waals surface area contributed by atoms with Crippen LogP contribution in [0.15, 0.2) is 42.5 Å². The van der Waals surface area contributed by atoms with Crippen molar-refractivity contribution in [1.82, 2.24) is 0 Å². The molecule has 0 fully saturated rings. The molecule has 0 amide bonds. The van der Waals surface area contributed by atoms with E-state index in [1.165, 1.54) is 0 Å². The van der Waals surface area contributed by atoms with E-state index in [2.05, 4.69) is 24.3 Å². The second kappa shape index (κ2) is 5.10. The minimum Gasteiger partial charge on any atom is -0.497 e. The molecule has 0 unspecified atom stereocenters. The molecule has 0 bridgehead atoms. The summed E-state index contributed by atoms with van der Waals surface area (Å²) in [5.41, 5.74) is 4.22. The molecule has 0 saturated heterocycles. The summed E-state index contributed by atoms with van der Waals surface area (Å²) in [5.74, 6) is 0.791. The summed E-state index contributed by atoms with van der Waals surface area (Å²) in [7, 11) is 1.65. The van der Waals surface area contributed by atoms with Crippen LogP contribution >= 0.6 is 0 Å². The molecule has 2 aromatic rings.